The largest absolute Gasteiger partial charge is 0.433 e. The molecule has 2 fully saturated rings. The fourth-order valence-corrected chi connectivity index (χ4v) is 4.67. The van der Waals surface area contributed by atoms with E-state index in [1.807, 2.05) is 28.8 Å². The van der Waals surface area contributed by atoms with Gasteiger partial charge in [-0.2, -0.15) is 13.2 Å². The summed E-state index contributed by atoms with van der Waals surface area (Å²) >= 11 is 0. The molecule has 1 aromatic carbocycles. The van der Waals surface area contributed by atoms with E-state index in [-0.39, 0.29) is 29.2 Å². The van der Waals surface area contributed by atoms with Crippen molar-refractivity contribution in [3.8, 4) is 0 Å². The fourth-order valence-electron chi connectivity index (χ4n) is 4.67. The molecule has 7 nitrogen and oxygen atoms in total. The first kappa shape index (κ1) is 20.7. The molecule has 2 aliphatic heterocycles. The standard InChI is InChI=1S/C22H22F3N5O2/c23-22(24,25)19-6-5-14(11-26-19)20(31)29-12-16(13-29)28-9-7-15(8-10-28)30-18-4-2-1-3-17(18)27-21(30)32/h1-6,11,15-16H,7-10,12-13H2,(H,27,32). The summed E-state index contributed by atoms with van der Waals surface area (Å²) < 4.78 is 39.8. The second-order valence-electron chi connectivity index (χ2n) is 8.38. The van der Waals surface area contributed by atoms with Crippen LogP contribution in [0.1, 0.15) is 34.9 Å². The van der Waals surface area contributed by atoms with Gasteiger partial charge >= 0.3 is 11.9 Å². The minimum Gasteiger partial charge on any atom is -0.335 e. The van der Waals surface area contributed by atoms with E-state index >= 15 is 0 Å². The lowest BCUT2D eigenvalue weighted by Crippen LogP contribution is -2.62. The third-order valence-corrected chi connectivity index (χ3v) is 6.45. The maximum absolute atomic E-state index is 12.6. The number of imidazole rings is 1. The van der Waals surface area contributed by atoms with Crippen molar-refractivity contribution >= 4 is 16.9 Å². The second kappa shape index (κ2) is 7.77. The Morgan fingerprint density at radius 2 is 1.75 bits per heavy atom. The zero-order valence-corrected chi connectivity index (χ0v) is 17.2. The molecule has 3 aromatic rings. The number of likely N-dealkylation sites (tertiary alicyclic amines) is 2. The van der Waals surface area contributed by atoms with E-state index in [2.05, 4.69) is 14.9 Å². The van der Waals surface area contributed by atoms with E-state index in [1.165, 1.54) is 6.07 Å². The number of halogens is 3. The Bertz CT molecular complexity index is 1190. The molecule has 32 heavy (non-hydrogen) atoms. The fraction of sp³-hybridized carbons (Fsp3) is 0.409. The van der Waals surface area contributed by atoms with Crippen molar-refractivity contribution in [1.82, 2.24) is 24.3 Å². The minimum atomic E-state index is -4.52. The number of H-pyrrole nitrogens is 1. The molecule has 0 aliphatic carbocycles. The number of hydrogen-bond donors (Lipinski definition) is 1. The first-order chi connectivity index (χ1) is 15.3. The molecule has 168 valence electrons. The predicted molar refractivity (Wildman–Crippen MR) is 111 cm³/mol. The Hall–Kier alpha value is -3.14. The van der Waals surface area contributed by atoms with E-state index in [9.17, 15) is 22.8 Å². The summed E-state index contributed by atoms with van der Waals surface area (Å²) in [4.78, 5) is 35.2. The number of pyridine rings is 1. The summed E-state index contributed by atoms with van der Waals surface area (Å²) in [7, 11) is 0. The Morgan fingerprint density at radius 3 is 2.41 bits per heavy atom. The molecule has 0 atom stereocenters. The number of carbonyl (C=O) groups excluding carboxylic acids is 1. The van der Waals surface area contributed by atoms with Gasteiger partial charge in [0.1, 0.15) is 5.69 Å². The molecule has 4 heterocycles. The number of carbonyl (C=O) groups is 1. The van der Waals surface area contributed by atoms with Gasteiger partial charge < -0.3 is 9.88 Å². The molecular weight excluding hydrogens is 423 g/mol. The van der Waals surface area contributed by atoms with Crippen LogP contribution in [0.5, 0.6) is 0 Å². The number of benzene rings is 1. The van der Waals surface area contributed by atoms with Gasteiger partial charge in [-0.1, -0.05) is 12.1 Å². The lowest BCUT2D eigenvalue weighted by molar-refractivity contribution is -0.141. The molecule has 0 saturated carbocycles. The third-order valence-electron chi connectivity index (χ3n) is 6.45. The van der Waals surface area contributed by atoms with Crippen LogP contribution in [0.15, 0.2) is 47.4 Å². The maximum atomic E-state index is 12.6. The first-order valence-corrected chi connectivity index (χ1v) is 10.6. The van der Waals surface area contributed by atoms with Crippen LogP contribution in [0.2, 0.25) is 0 Å². The summed E-state index contributed by atoms with van der Waals surface area (Å²) in [5.41, 5.74) is 0.823. The number of aromatic nitrogens is 3. The number of para-hydroxylation sites is 2. The van der Waals surface area contributed by atoms with E-state index in [0.29, 0.717) is 13.1 Å². The molecule has 2 saturated heterocycles. The van der Waals surface area contributed by atoms with Crippen molar-refractivity contribution in [3.05, 3.63) is 64.3 Å². The Morgan fingerprint density at radius 1 is 1.03 bits per heavy atom. The van der Waals surface area contributed by atoms with Gasteiger partial charge in [0, 0.05) is 44.5 Å². The molecule has 0 unspecified atom stereocenters. The number of fused-ring (bicyclic) bond motifs is 1. The zero-order valence-electron chi connectivity index (χ0n) is 17.2. The quantitative estimate of drug-likeness (QED) is 0.673. The van der Waals surface area contributed by atoms with Crippen LogP contribution in [-0.2, 0) is 6.18 Å². The number of rotatable bonds is 3. The molecule has 0 bridgehead atoms. The van der Waals surface area contributed by atoms with Crippen LogP contribution in [0.3, 0.4) is 0 Å². The second-order valence-corrected chi connectivity index (χ2v) is 8.38. The topological polar surface area (TPSA) is 74.2 Å². The number of aromatic amines is 1. The van der Waals surface area contributed by atoms with E-state index < -0.39 is 11.9 Å². The Labute approximate surface area is 181 Å². The van der Waals surface area contributed by atoms with Crippen LogP contribution < -0.4 is 5.69 Å². The predicted octanol–water partition coefficient (Wildman–Crippen LogP) is 2.90. The summed E-state index contributed by atoms with van der Waals surface area (Å²) in [5.74, 6) is -0.303. The molecule has 0 radical (unpaired) electrons. The van der Waals surface area contributed by atoms with E-state index in [1.54, 1.807) is 4.90 Å². The summed E-state index contributed by atoms with van der Waals surface area (Å²) in [6, 6.07) is 10.0. The molecule has 10 heteroatoms. The number of amides is 1. The van der Waals surface area contributed by atoms with Crippen molar-refractivity contribution in [1.29, 1.82) is 0 Å². The summed E-state index contributed by atoms with van der Waals surface area (Å²) in [5, 5.41) is 0. The highest BCUT2D eigenvalue weighted by atomic mass is 19.4. The normalized spacial score (nSPS) is 18.8. The highest BCUT2D eigenvalue weighted by Crippen LogP contribution is 2.29. The number of hydrogen-bond acceptors (Lipinski definition) is 4. The van der Waals surface area contributed by atoms with Crippen LogP contribution in [0, 0.1) is 0 Å². The minimum absolute atomic E-state index is 0.0878. The third kappa shape index (κ3) is 3.68. The maximum Gasteiger partial charge on any atom is 0.433 e. The highest BCUT2D eigenvalue weighted by Gasteiger charge is 2.38. The highest BCUT2D eigenvalue weighted by molar-refractivity contribution is 5.94. The van der Waals surface area contributed by atoms with Gasteiger partial charge in [0.05, 0.1) is 16.6 Å². The number of nitrogens with one attached hydrogen (secondary N) is 1. The number of piperidine rings is 1. The van der Waals surface area contributed by atoms with Gasteiger partial charge in [-0.25, -0.2) is 4.79 Å². The lowest BCUT2D eigenvalue weighted by Gasteiger charge is -2.47. The van der Waals surface area contributed by atoms with Crippen molar-refractivity contribution in [2.24, 2.45) is 0 Å². The van der Waals surface area contributed by atoms with Crippen molar-refractivity contribution in [3.63, 3.8) is 0 Å². The van der Waals surface area contributed by atoms with E-state index in [4.69, 9.17) is 0 Å². The SMILES string of the molecule is O=C(c1ccc(C(F)(F)F)nc1)N1CC(N2CCC(n3c(=O)[nH]c4ccccc43)CC2)C1. The van der Waals surface area contributed by atoms with Crippen molar-refractivity contribution in [2.75, 3.05) is 26.2 Å². The summed E-state index contributed by atoms with van der Waals surface area (Å²) in [6.07, 6.45) is -1.85. The number of alkyl halides is 3. The number of nitrogens with zero attached hydrogens (tertiary/aromatic N) is 4. The van der Waals surface area contributed by atoms with Gasteiger partial charge in [-0.15, -0.1) is 0 Å². The van der Waals surface area contributed by atoms with Crippen molar-refractivity contribution in [2.45, 2.75) is 31.1 Å². The van der Waals surface area contributed by atoms with Gasteiger partial charge in [0.15, 0.2) is 0 Å². The average molecular weight is 445 g/mol. The monoisotopic (exact) mass is 445 g/mol. The summed E-state index contributed by atoms with van der Waals surface area (Å²) in [6.45, 7) is 2.73. The lowest BCUT2D eigenvalue weighted by atomic mass is 9.98. The van der Waals surface area contributed by atoms with Crippen LogP contribution >= 0.6 is 0 Å². The molecule has 0 spiro atoms. The van der Waals surface area contributed by atoms with Crippen molar-refractivity contribution < 1.29 is 18.0 Å². The molecule has 1 N–H and O–H groups in total. The van der Waals surface area contributed by atoms with Crippen LogP contribution in [-0.4, -0.2) is 62.5 Å². The molecule has 1 amide bonds. The smallest absolute Gasteiger partial charge is 0.335 e. The average Bonchev–Trinajstić information content (AvgIpc) is 3.08. The Kier molecular flexibility index (Phi) is 5.04. The Balaban J connectivity index is 1.17. The zero-order chi connectivity index (χ0) is 22.5. The molecular formula is C22H22F3N5O2. The van der Waals surface area contributed by atoms with Gasteiger partial charge in [0.2, 0.25) is 0 Å². The first-order valence-electron chi connectivity index (χ1n) is 10.6. The van der Waals surface area contributed by atoms with Gasteiger partial charge in [0.25, 0.3) is 5.91 Å². The van der Waals surface area contributed by atoms with E-state index in [0.717, 1.165) is 49.2 Å². The van der Waals surface area contributed by atoms with Crippen LogP contribution in [0.4, 0.5) is 13.2 Å². The van der Waals surface area contributed by atoms with Gasteiger partial charge in [-0.3, -0.25) is 19.2 Å². The molecule has 2 aliphatic rings. The van der Waals surface area contributed by atoms with Crippen LogP contribution in [0.25, 0.3) is 11.0 Å². The molecule has 2 aromatic heterocycles. The molecule has 5 rings (SSSR count). The van der Waals surface area contributed by atoms with Gasteiger partial charge in [-0.05, 0) is 37.1 Å².